The van der Waals surface area contributed by atoms with Crippen molar-refractivity contribution >= 4 is 23.6 Å². The smallest absolute Gasteiger partial charge is 0.246 e. The second-order valence-corrected chi connectivity index (χ2v) is 5.65. The van der Waals surface area contributed by atoms with Gasteiger partial charge in [0.15, 0.2) is 0 Å². The first-order valence-electron chi connectivity index (χ1n) is 6.41. The van der Waals surface area contributed by atoms with Gasteiger partial charge in [-0.3, -0.25) is 4.79 Å². The van der Waals surface area contributed by atoms with Crippen LogP contribution < -0.4 is 0 Å². The van der Waals surface area contributed by atoms with Gasteiger partial charge in [-0.15, -0.1) is 0 Å². The van der Waals surface area contributed by atoms with Crippen LogP contribution in [0.15, 0.2) is 30.3 Å². The Morgan fingerprint density at radius 2 is 2.11 bits per heavy atom. The van der Waals surface area contributed by atoms with Gasteiger partial charge >= 0.3 is 0 Å². The van der Waals surface area contributed by atoms with E-state index in [0.29, 0.717) is 31.0 Å². The van der Waals surface area contributed by atoms with Crippen molar-refractivity contribution in [2.45, 2.75) is 25.4 Å². The van der Waals surface area contributed by atoms with Crippen LogP contribution in [0.4, 0.5) is 0 Å². The number of benzene rings is 1. The largest absolute Gasteiger partial charge is 0.390 e. The van der Waals surface area contributed by atoms with Crippen LogP contribution in [0.1, 0.15) is 25.3 Å². The van der Waals surface area contributed by atoms with Crippen molar-refractivity contribution in [3.05, 3.63) is 40.9 Å². The molecule has 0 aliphatic carbocycles. The van der Waals surface area contributed by atoms with Crippen LogP contribution in [0.3, 0.4) is 0 Å². The first-order chi connectivity index (χ1) is 8.96. The summed E-state index contributed by atoms with van der Waals surface area (Å²) >= 11 is 5.88. The number of rotatable bonds is 2. The number of halogens is 1. The average molecular weight is 280 g/mol. The van der Waals surface area contributed by atoms with Crippen LogP contribution in [0.2, 0.25) is 5.02 Å². The molecule has 102 valence electrons. The van der Waals surface area contributed by atoms with E-state index in [1.165, 1.54) is 0 Å². The molecule has 1 N–H and O–H groups in total. The van der Waals surface area contributed by atoms with E-state index in [4.69, 9.17) is 11.6 Å². The zero-order valence-corrected chi connectivity index (χ0v) is 11.7. The van der Waals surface area contributed by atoms with Crippen molar-refractivity contribution in [1.29, 1.82) is 0 Å². The molecule has 0 saturated carbocycles. The van der Waals surface area contributed by atoms with Gasteiger partial charge in [0.2, 0.25) is 5.91 Å². The summed E-state index contributed by atoms with van der Waals surface area (Å²) in [5.41, 5.74) is 0.276. The fraction of sp³-hybridized carbons (Fsp3) is 0.400. The summed E-state index contributed by atoms with van der Waals surface area (Å²) in [5.74, 6) is -0.0181. The summed E-state index contributed by atoms with van der Waals surface area (Å²) in [7, 11) is 0. The Hall–Kier alpha value is -1.32. The highest BCUT2D eigenvalue weighted by Crippen LogP contribution is 2.21. The summed E-state index contributed by atoms with van der Waals surface area (Å²) < 4.78 is 0. The minimum absolute atomic E-state index is 0.0181. The minimum atomic E-state index is -0.631. The van der Waals surface area contributed by atoms with E-state index < -0.39 is 5.60 Å². The highest BCUT2D eigenvalue weighted by Gasteiger charge is 2.28. The molecule has 0 aromatic heterocycles. The van der Waals surface area contributed by atoms with Crippen LogP contribution in [0.25, 0.3) is 6.08 Å². The van der Waals surface area contributed by atoms with Gasteiger partial charge in [0.05, 0.1) is 5.60 Å². The Bertz CT molecular complexity index is 487. The van der Waals surface area contributed by atoms with Gasteiger partial charge in [-0.25, -0.2) is 0 Å². The number of piperidine rings is 1. The average Bonchev–Trinajstić information content (AvgIpc) is 2.36. The summed E-state index contributed by atoms with van der Waals surface area (Å²) in [6, 6.07) is 7.36. The highest BCUT2D eigenvalue weighted by molar-refractivity contribution is 6.30. The molecule has 1 heterocycles. The number of carbonyl (C=O) groups is 1. The van der Waals surface area contributed by atoms with E-state index in [-0.39, 0.29) is 5.91 Å². The maximum Gasteiger partial charge on any atom is 0.246 e. The van der Waals surface area contributed by atoms with Gasteiger partial charge in [-0.2, -0.15) is 0 Å². The van der Waals surface area contributed by atoms with Gasteiger partial charge in [0, 0.05) is 24.2 Å². The molecule has 0 bridgehead atoms. The van der Waals surface area contributed by atoms with Crippen molar-refractivity contribution in [2.24, 2.45) is 0 Å². The molecule has 0 unspecified atom stereocenters. The van der Waals surface area contributed by atoms with Crippen molar-refractivity contribution in [3.63, 3.8) is 0 Å². The van der Waals surface area contributed by atoms with E-state index in [9.17, 15) is 9.90 Å². The lowest BCUT2D eigenvalue weighted by Crippen LogP contribution is -2.44. The molecule has 1 fully saturated rings. The predicted octanol–water partition coefficient (Wildman–Crippen LogP) is 2.73. The molecule has 1 aromatic rings. The molecule has 0 atom stereocenters. The fourth-order valence-corrected chi connectivity index (χ4v) is 2.29. The maximum atomic E-state index is 12.0. The SMILES string of the molecule is CC1(O)CCN(C(=O)/C=C/c2cccc(Cl)c2)CC1. The van der Waals surface area contributed by atoms with Crippen molar-refractivity contribution in [3.8, 4) is 0 Å². The predicted molar refractivity (Wildman–Crippen MR) is 76.9 cm³/mol. The monoisotopic (exact) mass is 279 g/mol. The molecule has 3 nitrogen and oxygen atoms in total. The van der Waals surface area contributed by atoms with E-state index in [1.807, 2.05) is 25.1 Å². The first kappa shape index (κ1) is 14.1. The zero-order valence-electron chi connectivity index (χ0n) is 11.0. The van der Waals surface area contributed by atoms with Gasteiger partial charge in [0.25, 0.3) is 0 Å². The molecule has 1 amide bonds. The van der Waals surface area contributed by atoms with E-state index in [1.54, 1.807) is 23.1 Å². The molecule has 2 rings (SSSR count). The number of aliphatic hydroxyl groups is 1. The Morgan fingerprint density at radius 1 is 1.42 bits per heavy atom. The normalized spacial score (nSPS) is 18.8. The van der Waals surface area contributed by atoms with Gasteiger partial charge in [-0.1, -0.05) is 23.7 Å². The Morgan fingerprint density at radius 3 is 2.74 bits per heavy atom. The molecule has 1 aliphatic heterocycles. The number of hydrogen-bond donors (Lipinski definition) is 1. The van der Waals surface area contributed by atoms with E-state index >= 15 is 0 Å². The third kappa shape index (κ3) is 4.08. The first-order valence-corrected chi connectivity index (χ1v) is 6.79. The lowest BCUT2D eigenvalue weighted by atomic mass is 9.94. The Kier molecular flexibility index (Phi) is 4.27. The Labute approximate surface area is 118 Å². The van der Waals surface area contributed by atoms with Crippen LogP contribution in [0.5, 0.6) is 0 Å². The molecule has 0 radical (unpaired) electrons. The van der Waals surface area contributed by atoms with Gasteiger partial charge in [-0.05, 0) is 43.5 Å². The molecular formula is C15H18ClNO2. The number of likely N-dealkylation sites (tertiary alicyclic amines) is 1. The summed E-state index contributed by atoms with van der Waals surface area (Å²) in [6.45, 7) is 3.02. The lowest BCUT2D eigenvalue weighted by molar-refractivity contribution is -0.129. The van der Waals surface area contributed by atoms with Crippen LogP contribution in [-0.2, 0) is 4.79 Å². The van der Waals surface area contributed by atoms with E-state index in [2.05, 4.69) is 0 Å². The molecule has 1 aromatic carbocycles. The number of carbonyl (C=O) groups excluding carboxylic acids is 1. The van der Waals surface area contributed by atoms with Crippen LogP contribution >= 0.6 is 11.6 Å². The summed E-state index contributed by atoms with van der Waals surface area (Å²) in [6.07, 6.45) is 4.58. The minimum Gasteiger partial charge on any atom is -0.390 e. The molecular weight excluding hydrogens is 262 g/mol. The Balaban J connectivity index is 1.95. The van der Waals surface area contributed by atoms with Crippen molar-refractivity contribution < 1.29 is 9.90 Å². The third-order valence-electron chi connectivity index (χ3n) is 3.42. The van der Waals surface area contributed by atoms with Crippen molar-refractivity contribution in [2.75, 3.05) is 13.1 Å². The van der Waals surface area contributed by atoms with Crippen LogP contribution in [-0.4, -0.2) is 34.6 Å². The molecule has 1 aliphatic rings. The number of amides is 1. The quantitative estimate of drug-likeness (QED) is 0.846. The molecule has 4 heteroatoms. The second kappa shape index (κ2) is 5.76. The molecule has 0 spiro atoms. The highest BCUT2D eigenvalue weighted by atomic mass is 35.5. The fourth-order valence-electron chi connectivity index (χ4n) is 2.09. The van der Waals surface area contributed by atoms with Crippen molar-refractivity contribution in [1.82, 2.24) is 4.90 Å². The lowest BCUT2D eigenvalue weighted by Gasteiger charge is -2.35. The van der Waals surface area contributed by atoms with E-state index in [0.717, 1.165) is 5.56 Å². The summed E-state index contributed by atoms with van der Waals surface area (Å²) in [4.78, 5) is 13.8. The second-order valence-electron chi connectivity index (χ2n) is 5.21. The zero-order chi connectivity index (χ0) is 13.9. The number of nitrogens with zero attached hydrogens (tertiary/aromatic N) is 1. The molecule has 19 heavy (non-hydrogen) atoms. The van der Waals surface area contributed by atoms with Gasteiger partial charge < -0.3 is 10.0 Å². The summed E-state index contributed by atoms with van der Waals surface area (Å²) in [5, 5.41) is 10.5. The third-order valence-corrected chi connectivity index (χ3v) is 3.65. The molecule has 1 saturated heterocycles. The standard InChI is InChI=1S/C15H18ClNO2/c1-15(19)7-9-17(10-8-15)14(18)6-5-12-3-2-4-13(16)11-12/h2-6,11,19H,7-10H2,1H3/b6-5+. The number of hydrogen-bond acceptors (Lipinski definition) is 2. The van der Waals surface area contributed by atoms with Gasteiger partial charge in [0.1, 0.15) is 0 Å². The van der Waals surface area contributed by atoms with Crippen LogP contribution in [0, 0.1) is 0 Å². The topological polar surface area (TPSA) is 40.5 Å². The maximum absolute atomic E-state index is 12.0.